The zero-order chi connectivity index (χ0) is 14.7. The van der Waals surface area contributed by atoms with E-state index >= 15 is 0 Å². The Morgan fingerprint density at radius 1 is 1.29 bits per heavy atom. The molecule has 0 amide bonds. The topological polar surface area (TPSA) is 56.7 Å². The van der Waals surface area contributed by atoms with Crippen LogP contribution in [-0.2, 0) is 6.54 Å². The summed E-state index contributed by atoms with van der Waals surface area (Å²) < 4.78 is 7.05. The highest BCUT2D eigenvalue weighted by Crippen LogP contribution is 2.22. The fourth-order valence-electron chi connectivity index (χ4n) is 2.04. The monoisotopic (exact) mass is 302 g/mol. The predicted molar refractivity (Wildman–Crippen MR) is 79.9 cm³/mol. The summed E-state index contributed by atoms with van der Waals surface area (Å²) in [5.41, 5.74) is 2.62. The Morgan fingerprint density at radius 2 is 2.10 bits per heavy atom. The first-order valence-corrected chi connectivity index (χ1v) is 7.25. The first-order chi connectivity index (χ1) is 10.3. The Balaban J connectivity index is 1.74. The molecule has 0 saturated heterocycles. The maximum Gasteiger partial charge on any atom is 0.158 e. The highest BCUT2D eigenvalue weighted by Gasteiger charge is 2.12. The van der Waals surface area contributed by atoms with Crippen LogP contribution in [0.4, 0.5) is 0 Å². The van der Waals surface area contributed by atoms with Crippen LogP contribution in [0.15, 0.2) is 47.1 Å². The van der Waals surface area contributed by atoms with Crippen molar-refractivity contribution >= 4 is 11.6 Å². The lowest BCUT2D eigenvalue weighted by Crippen LogP contribution is -1.99. The molecule has 0 aliphatic carbocycles. The van der Waals surface area contributed by atoms with E-state index < -0.39 is 0 Å². The molecule has 2 aromatic heterocycles. The molecule has 1 atom stereocenters. The Morgan fingerprint density at radius 3 is 2.86 bits per heavy atom. The fourth-order valence-corrected chi connectivity index (χ4v) is 2.14. The van der Waals surface area contributed by atoms with Gasteiger partial charge in [-0.1, -0.05) is 47.6 Å². The standard InChI is InChI=1S/C15H15ClN4O/c1-2-13(16)15-10-20(19-17-15)9-12-8-14(18-21-12)11-6-4-3-5-7-11/h3-8,10,13H,2,9H2,1H3. The van der Waals surface area contributed by atoms with E-state index in [9.17, 15) is 0 Å². The Bertz CT molecular complexity index is 707. The lowest BCUT2D eigenvalue weighted by Gasteiger charge is -1.98. The minimum absolute atomic E-state index is 0.103. The number of rotatable bonds is 5. The second-order valence-electron chi connectivity index (χ2n) is 4.76. The van der Waals surface area contributed by atoms with Crippen LogP contribution >= 0.6 is 11.6 Å². The molecule has 2 heterocycles. The van der Waals surface area contributed by atoms with Crippen molar-refractivity contribution in [1.82, 2.24) is 20.2 Å². The van der Waals surface area contributed by atoms with E-state index in [1.807, 2.05) is 49.5 Å². The molecule has 0 fully saturated rings. The van der Waals surface area contributed by atoms with Gasteiger partial charge in [0.1, 0.15) is 17.9 Å². The van der Waals surface area contributed by atoms with Gasteiger partial charge in [0, 0.05) is 11.6 Å². The molecule has 0 spiro atoms. The average Bonchev–Trinajstić information content (AvgIpc) is 3.17. The van der Waals surface area contributed by atoms with Crippen LogP contribution in [0, 0.1) is 0 Å². The quantitative estimate of drug-likeness (QED) is 0.675. The number of nitrogens with zero attached hydrogens (tertiary/aromatic N) is 4. The van der Waals surface area contributed by atoms with Crippen LogP contribution in [0.2, 0.25) is 0 Å². The van der Waals surface area contributed by atoms with Crippen LogP contribution in [0.1, 0.15) is 30.2 Å². The van der Waals surface area contributed by atoms with Crippen molar-refractivity contribution in [2.75, 3.05) is 0 Å². The van der Waals surface area contributed by atoms with E-state index in [0.29, 0.717) is 6.54 Å². The second-order valence-corrected chi connectivity index (χ2v) is 5.29. The molecule has 3 rings (SSSR count). The summed E-state index contributed by atoms with van der Waals surface area (Å²) in [6.45, 7) is 2.50. The van der Waals surface area contributed by atoms with Gasteiger partial charge >= 0.3 is 0 Å². The van der Waals surface area contributed by atoms with Crippen LogP contribution in [0.3, 0.4) is 0 Å². The first-order valence-electron chi connectivity index (χ1n) is 6.81. The van der Waals surface area contributed by atoms with Crippen molar-refractivity contribution < 1.29 is 4.52 Å². The van der Waals surface area contributed by atoms with E-state index in [1.54, 1.807) is 4.68 Å². The molecule has 3 aromatic rings. The van der Waals surface area contributed by atoms with E-state index in [-0.39, 0.29) is 5.38 Å². The third-order valence-electron chi connectivity index (χ3n) is 3.18. The van der Waals surface area contributed by atoms with Crippen LogP contribution in [0.25, 0.3) is 11.3 Å². The first kappa shape index (κ1) is 13.8. The van der Waals surface area contributed by atoms with Crippen molar-refractivity contribution in [3.8, 4) is 11.3 Å². The third-order valence-corrected chi connectivity index (χ3v) is 3.71. The zero-order valence-electron chi connectivity index (χ0n) is 11.6. The van der Waals surface area contributed by atoms with Crippen molar-refractivity contribution in [2.45, 2.75) is 25.3 Å². The molecule has 5 nitrogen and oxygen atoms in total. The van der Waals surface area contributed by atoms with E-state index in [1.165, 1.54) is 0 Å². The number of aromatic nitrogens is 4. The summed E-state index contributed by atoms with van der Waals surface area (Å²) in [6, 6.07) is 11.8. The number of halogens is 1. The van der Waals surface area contributed by atoms with Gasteiger partial charge in [-0.25, -0.2) is 4.68 Å². The van der Waals surface area contributed by atoms with Crippen molar-refractivity contribution in [1.29, 1.82) is 0 Å². The van der Waals surface area contributed by atoms with Gasteiger partial charge in [-0.2, -0.15) is 0 Å². The molecule has 0 radical (unpaired) electrons. The average molecular weight is 303 g/mol. The van der Waals surface area contributed by atoms with Crippen LogP contribution in [0.5, 0.6) is 0 Å². The number of hydrogen-bond acceptors (Lipinski definition) is 4. The maximum absolute atomic E-state index is 6.14. The largest absolute Gasteiger partial charge is 0.359 e. The molecule has 0 saturated carbocycles. The van der Waals surface area contributed by atoms with Gasteiger partial charge in [0.2, 0.25) is 0 Å². The molecule has 108 valence electrons. The second kappa shape index (κ2) is 6.10. The molecule has 6 heteroatoms. The molecular formula is C15H15ClN4O. The van der Waals surface area contributed by atoms with Gasteiger partial charge in [0.25, 0.3) is 0 Å². The van der Waals surface area contributed by atoms with Crippen molar-refractivity contribution in [3.05, 3.63) is 54.0 Å². The van der Waals surface area contributed by atoms with Gasteiger partial charge in [0.15, 0.2) is 5.76 Å². The zero-order valence-corrected chi connectivity index (χ0v) is 12.4. The van der Waals surface area contributed by atoms with Crippen molar-refractivity contribution in [3.63, 3.8) is 0 Å². The Hall–Kier alpha value is -2.14. The third kappa shape index (κ3) is 3.13. The number of hydrogen-bond donors (Lipinski definition) is 0. The Labute approximate surface area is 127 Å². The minimum atomic E-state index is -0.103. The van der Waals surface area contributed by atoms with Crippen molar-refractivity contribution in [2.24, 2.45) is 0 Å². The highest BCUT2D eigenvalue weighted by molar-refractivity contribution is 6.20. The van der Waals surface area contributed by atoms with Gasteiger partial charge in [-0.05, 0) is 6.42 Å². The summed E-state index contributed by atoms with van der Waals surface area (Å²) in [6.07, 6.45) is 2.66. The summed E-state index contributed by atoms with van der Waals surface area (Å²) in [5, 5.41) is 12.1. The molecule has 0 aliphatic heterocycles. The van der Waals surface area contributed by atoms with Gasteiger partial charge in [0.05, 0.1) is 11.6 Å². The van der Waals surface area contributed by atoms with Crippen LogP contribution in [-0.4, -0.2) is 20.2 Å². The van der Waals surface area contributed by atoms with E-state index in [2.05, 4.69) is 15.5 Å². The molecule has 0 aliphatic rings. The van der Waals surface area contributed by atoms with E-state index in [4.69, 9.17) is 16.1 Å². The predicted octanol–water partition coefficient (Wildman–Crippen LogP) is 3.67. The molecule has 0 bridgehead atoms. The molecular weight excluding hydrogens is 288 g/mol. The van der Waals surface area contributed by atoms with Gasteiger partial charge < -0.3 is 4.52 Å². The molecule has 0 N–H and O–H groups in total. The summed E-state index contributed by atoms with van der Waals surface area (Å²) in [4.78, 5) is 0. The summed E-state index contributed by atoms with van der Waals surface area (Å²) >= 11 is 6.14. The van der Waals surface area contributed by atoms with Crippen LogP contribution < -0.4 is 0 Å². The molecule has 1 unspecified atom stereocenters. The highest BCUT2D eigenvalue weighted by atomic mass is 35.5. The number of alkyl halides is 1. The smallest absolute Gasteiger partial charge is 0.158 e. The lowest BCUT2D eigenvalue weighted by molar-refractivity contribution is 0.372. The normalized spacial score (nSPS) is 12.5. The molecule has 1 aromatic carbocycles. The summed E-state index contributed by atoms with van der Waals surface area (Å²) in [5.74, 6) is 0.730. The minimum Gasteiger partial charge on any atom is -0.359 e. The fraction of sp³-hybridized carbons (Fsp3) is 0.267. The van der Waals surface area contributed by atoms with Gasteiger partial charge in [-0.3, -0.25) is 0 Å². The number of benzene rings is 1. The van der Waals surface area contributed by atoms with Gasteiger partial charge in [-0.15, -0.1) is 16.7 Å². The lowest BCUT2D eigenvalue weighted by atomic mass is 10.1. The maximum atomic E-state index is 6.14. The Kier molecular flexibility index (Phi) is 4.01. The summed E-state index contributed by atoms with van der Waals surface area (Å²) in [7, 11) is 0. The SMILES string of the molecule is CCC(Cl)c1cn(Cc2cc(-c3ccccc3)no2)nn1. The van der Waals surface area contributed by atoms with E-state index in [0.717, 1.165) is 29.1 Å². The molecule has 21 heavy (non-hydrogen) atoms.